The molecule has 1 aromatic rings. The van der Waals surface area contributed by atoms with Crippen molar-refractivity contribution in [2.45, 2.75) is 25.0 Å². The number of thiazole rings is 1. The number of hydrogen-bond donors (Lipinski definition) is 0. The highest BCUT2D eigenvalue weighted by Crippen LogP contribution is 2.22. The lowest BCUT2D eigenvalue weighted by Gasteiger charge is -2.36. The van der Waals surface area contributed by atoms with Crippen LogP contribution in [0.4, 0.5) is 0 Å². The highest BCUT2D eigenvalue weighted by atomic mass is 32.2. The summed E-state index contributed by atoms with van der Waals surface area (Å²) in [7, 11) is -3.39. The third-order valence-electron chi connectivity index (χ3n) is 4.47. The largest absolute Gasteiger partial charge is 0.379 e. The highest BCUT2D eigenvalue weighted by molar-refractivity contribution is 7.89. The van der Waals surface area contributed by atoms with E-state index in [1.54, 1.807) is 11.0 Å². The van der Waals surface area contributed by atoms with Crippen LogP contribution in [0.2, 0.25) is 0 Å². The number of aryl methyl sites for hydroxylation is 1. The zero-order chi connectivity index (χ0) is 17.9. The first kappa shape index (κ1) is 18.5. The summed E-state index contributed by atoms with van der Waals surface area (Å²) < 4.78 is 32.3. The summed E-state index contributed by atoms with van der Waals surface area (Å²) in [6.45, 7) is 4.42. The molecule has 1 atom stereocenters. The molecule has 1 unspecified atom stereocenters. The normalized spacial score (nSPS) is 23.2. The molecule has 2 fully saturated rings. The second-order valence-electron chi connectivity index (χ2n) is 6.23. The molecule has 0 saturated carbocycles. The molecule has 9 heteroatoms. The minimum Gasteiger partial charge on any atom is -0.379 e. The van der Waals surface area contributed by atoms with Gasteiger partial charge in [0, 0.05) is 37.6 Å². The Balaban J connectivity index is 1.64. The van der Waals surface area contributed by atoms with Gasteiger partial charge in [0.15, 0.2) is 0 Å². The summed E-state index contributed by atoms with van der Waals surface area (Å²) in [6, 6.07) is 0. The summed E-state index contributed by atoms with van der Waals surface area (Å²) in [6.07, 6.45) is 4.46. The van der Waals surface area contributed by atoms with Crippen LogP contribution in [-0.2, 0) is 19.6 Å². The molecule has 0 radical (unpaired) electrons. The van der Waals surface area contributed by atoms with Crippen molar-refractivity contribution in [2.24, 2.45) is 0 Å². The molecule has 0 aromatic carbocycles. The topological polar surface area (TPSA) is 79.8 Å². The number of nitrogens with zero attached hydrogens (tertiary/aromatic N) is 3. The van der Waals surface area contributed by atoms with E-state index in [9.17, 15) is 13.2 Å². The number of carbonyl (C=O) groups is 1. The number of hydrogen-bond acceptors (Lipinski definition) is 6. The molecule has 3 rings (SSSR count). The second-order valence-corrected chi connectivity index (χ2v) is 9.50. The zero-order valence-electron chi connectivity index (χ0n) is 14.3. The molecule has 1 aromatic heterocycles. The van der Waals surface area contributed by atoms with E-state index in [4.69, 9.17) is 4.74 Å². The minimum absolute atomic E-state index is 0.160. The van der Waals surface area contributed by atoms with Crippen LogP contribution in [0.1, 0.15) is 23.5 Å². The Morgan fingerprint density at radius 1 is 1.36 bits per heavy atom. The van der Waals surface area contributed by atoms with E-state index in [0.29, 0.717) is 45.7 Å². The number of sulfonamides is 1. The van der Waals surface area contributed by atoms with Gasteiger partial charge in [0.1, 0.15) is 0 Å². The van der Waals surface area contributed by atoms with E-state index in [2.05, 4.69) is 4.98 Å². The van der Waals surface area contributed by atoms with Crippen molar-refractivity contribution in [1.82, 2.24) is 14.2 Å². The number of piperidine rings is 1. The first-order chi connectivity index (χ1) is 12.0. The number of rotatable bonds is 4. The fourth-order valence-electron chi connectivity index (χ4n) is 3.11. The van der Waals surface area contributed by atoms with Crippen molar-refractivity contribution in [3.05, 3.63) is 22.2 Å². The molecule has 2 aliphatic rings. The predicted molar refractivity (Wildman–Crippen MR) is 96.8 cm³/mol. The molecular weight excluding hydrogens is 362 g/mol. The molecule has 3 heterocycles. The Hall–Kier alpha value is -1.29. The van der Waals surface area contributed by atoms with Crippen molar-refractivity contribution in [3.8, 4) is 0 Å². The van der Waals surface area contributed by atoms with Crippen LogP contribution in [0.25, 0.3) is 6.08 Å². The molecule has 0 spiro atoms. The van der Waals surface area contributed by atoms with Gasteiger partial charge >= 0.3 is 0 Å². The van der Waals surface area contributed by atoms with Crippen LogP contribution in [0.5, 0.6) is 0 Å². The standard InChI is InChI=1S/C16H23N3O4S2/c1-13-17-14(12-24-13)4-5-16(20)18-6-2-3-15(11-18)25(21,22)19-7-9-23-10-8-19/h4-5,12,15H,2-3,6-11H2,1H3/b5-4+. The molecule has 7 nitrogen and oxygen atoms in total. The number of carbonyl (C=O) groups excluding carboxylic acids is 1. The smallest absolute Gasteiger partial charge is 0.246 e. The van der Waals surface area contributed by atoms with Gasteiger partial charge in [-0.3, -0.25) is 4.79 Å². The van der Waals surface area contributed by atoms with Crippen LogP contribution in [0.15, 0.2) is 11.5 Å². The maximum Gasteiger partial charge on any atom is 0.246 e. The third-order valence-corrected chi connectivity index (χ3v) is 7.58. The number of ether oxygens (including phenoxy) is 1. The quantitative estimate of drug-likeness (QED) is 0.726. The second kappa shape index (κ2) is 7.94. The molecule has 2 saturated heterocycles. The summed E-state index contributed by atoms with van der Waals surface area (Å²) in [5.41, 5.74) is 0.755. The lowest BCUT2D eigenvalue weighted by Crippen LogP contribution is -2.51. The Labute approximate surface area is 152 Å². The molecule has 138 valence electrons. The van der Waals surface area contributed by atoms with Gasteiger partial charge < -0.3 is 9.64 Å². The Bertz CT molecular complexity index is 738. The van der Waals surface area contributed by atoms with Crippen molar-refractivity contribution in [1.29, 1.82) is 0 Å². The maximum atomic E-state index is 12.8. The summed E-state index contributed by atoms with van der Waals surface area (Å²) in [5.74, 6) is -0.160. The van der Waals surface area contributed by atoms with E-state index in [1.165, 1.54) is 21.7 Å². The van der Waals surface area contributed by atoms with Gasteiger partial charge in [-0.05, 0) is 25.8 Å². The van der Waals surface area contributed by atoms with Gasteiger partial charge in [-0.2, -0.15) is 4.31 Å². The monoisotopic (exact) mass is 385 g/mol. The first-order valence-electron chi connectivity index (χ1n) is 8.42. The highest BCUT2D eigenvalue weighted by Gasteiger charge is 2.36. The maximum absolute atomic E-state index is 12.8. The molecule has 0 N–H and O–H groups in total. The van der Waals surface area contributed by atoms with Gasteiger partial charge in [-0.25, -0.2) is 13.4 Å². The number of aromatic nitrogens is 1. The number of morpholine rings is 1. The van der Waals surface area contributed by atoms with Crippen LogP contribution >= 0.6 is 11.3 Å². The van der Waals surface area contributed by atoms with Crippen molar-refractivity contribution in [3.63, 3.8) is 0 Å². The van der Waals surface area contributed by atoms with Crippen molar-refractivity contribution >= 4 is 33.3 Å². The molecule has 0 aliphatic carbocycles. The summed E-state index contributed by atoms with van der Waals surface area (Å²) in [4.78, 5) is 18.3. The van der Waals surface area contributed by atoms with Crippen LogP contribution < -0.4 is 0 Å². The zero-order valence-corrected chi connectivity index (χ0v) is 15.9. The van der Waals surface area contributed by atoms with Crippen molar-refractivity contribution in [2.75, 3.05) is 39.4 Å². The van der Waals surface area contributed by atoms with Gasteiger partial charge in [0.05, 0.1) is 29.2 Å². The summed E-state index contributed by atoms with van der Waals surface area (Å²) >= 11 is 1.53. The van der Waals surface area contributed by atoms with Gasteiger partial charge in [-0.1, -0.05) is 0 Å². The fourth-order valence-corrected chi connectivity index (χ4v) is 5.61. The van der Waals surface area contributed by atoms with E-state index in [1.807, 2.05) is 12.3 Å². The first-order valence-corrected chi connectivity index (χ1v) is 10.8. The predicted octanol–water partition coefficient (Wildman–Crippen LogP) is 1.12. The lowest BCUT2D eigenvalue weighted by molar-refractivity contribution is -0.126. The molecule has 1 amide bonds. The third kappa shape index (κ3) is 4.46. The summed E-state index contributed by atoms with van der Waals surface area (Å²) in [5, 5.41) is 2.31. The Morgan fingerprint density at radius 3 is 2.80 bits per heavy atom. The minimum atomic E-state index is -3.39. The number of amides is 1. The van der Waals surface area contributed by atoms with E-state index in [0.717, 1.165) is 10.7 Å². The van der Waals surface area contributed by atoms with Crippen LogP contribution in [-0.4, -0.2) is 73.2 Å². The molecule has 0 bridgehead atoms. The van der Waals surface area contributed by atoms with Gasteiger partial charge in [0.25, 0.3) is 0 Å². The average Bonchev–Trinajstić information content (AvgIpc) is 3.06. The Kier molecular flexibility index (Phi) is 5.88. The van der Waals surface area contributed by atoms with E-state index < -0.39 is 15.3 Å². The van der Waals surface area contributed by atoms with E-state index >= 15 is 0 Å². The van der Waals surface area contributed by atoms with Crippen LogP contribution in [0.3, 0.4) is 0 Å². The number of likely N-dealkylation sites (tertiary alicyclic amines) is 1. The van der Waals surface area contributed by atoms with Crippen LogP contribution in [0, 0.1) is 6.92 Å². The molecular formula is C16H23N3O4S2. The lowest BCUT2D eigenvalue weighted by atomic mass is 10.1. The average molecular weight is 386 g/mol. The Morgan fingerprint density at radius 2 is 2.12 bits per heavy atom. The van der Waals surface area contributed by atoms with Gasteiger partial charge in [0.2, 0.25) is 15.9 Å². The molecule has 25 heavy (non-hydrogen) atoms. The molecule has 2 aliphatic heterocycles. The fraction of sp³-hybridized carbons (Fsp3) is 0.625. The SMILES string of the molecule is Cc1nc(/C=C/C(=O)N2CCCC(S(=O)(=O)N3CCOCC3)C2)cs1. The van der Waals surface area contributed by atoms with Crippen molar-refractivity contribution < 1.29 is 17.9 Å². The van der Waals surface area contributed by atoms with Gasteiger partial charge in [-0.15, -0.1) is 11.3 Å². The van der Waals surface area contributed by atoms with E-state index in [-0.39, 0.29) is 12.5 Å².